The molecule has 0 atom stereocenters. The summed E-state index contributed by atoms with van der Waals surface area (Å²) in [4.78, 5) is 15.2. The van der Waals surface area contributed by atoms with Gasteiger partial charge in [0.2, 0.25) is 0 Å². The molecule has 1 aliphatic rings. The van der Waals surface area contributed by atoms with Crippen molar-refractivity contribution in [2.45, 2.75) is 25.7 Å². The van der Waals surface area contributed by atoms with Crippen LogP contribution in [0.4, 0.5) is 5.82 Å². The van der Waals surface area contributed by atoms with Gasteiger partial charge in [0, 0.05) is 48.0 Å². The summed E-state index contributed by atoms with van der Waals surface area (Å²) in [6.45, 7) is 8.18. The van der Waals surface area contributed by atoms with Gasteiger partial charge in [0.25, 0.3) is 0 Å². The van der Waals surface area contributed by atoms with Crippen LogP contribution in [0.2, 0.25) is 0 Å². The molecular weight excluding hydrogens is 348 g/mol. The molecule has 142 valence electrons. The molecule has 1 aliphatic heterocycles. The van der Waals surface area contributed by atoms with Crippen molar-refractivity contribution in [3.05, 3.63) is 60.8 Å². The number of aromatic nitrogens is 4. The second-order valence-electron chi connectivity index (χ2n) is 7.62. The Bertz CT molecular complexity index is 1140. The number of anilines is 1. The first-order valence-corrected chi connectivity index (χ1v) is 9.73. The Morgan fingerprint density at radius 2 is 2.04 bits per heavy atom. The van der Waals surface area contributed by atoms with E-state index in [0.29, 0.717) is 11.7 Å². The molecule has 0 aliphatic carbocycles. The van der Waals surface area contributed by atoms with Gasteiger partial charge in [-0.3, -0.25) is 4.40 Å². The predicted molar refractivity (Wildman–Crippen MR) is 113 cm³/mol. The Morgan fingerprint density at radius 3 is 2.79 bits per heavy atom. The number of aromatic amines is 1. The molecule has 5 rings (SSSR count). The zero-order valence-electron chi connectivity index (χ0n) is 16.0. The average molecular weight is 372 g/mol. The molecule has 0 amide bonds. The highest BCUT2D eigenvalue weighted by atomic mass is 15.1. The first-order chi connectivity index (χ1) is 13.6. The molecule has 0 unspecified atom stereocenters. The van der Waals surface area contributed by atoms with E-state index in [-0.39, 0.29) is 0 Å². The van der Waals surface area contributed by atoms with E-state index in [4.69, 9.17) is 10.7 Å². The third-order valence-electron chi connectivity index (χ3n) is 5.80. The van der Waals surface area contributed by atoms with E-state index in [1.807, 2.05) is 18.3 Å². The summed E-state index contributed by atoms with van der Waals surface area (Å²) in [6.07, 6.45) is 5.84. The minimum absolute atomic E-state index is 0.392. The standard InChI is InChI=1S/C22H24N6/c1-14(2)27-10-7-15(8-11-27)22-26-19(20-21(23)24-9-12-28(20)22)18-13-16-5-3-4-6-17(16)25-18/h3-6,9,12-13,15,25H,1,7-8,10-11H2,2H3,(H2,23,24). The van der Waals surface area contributed by atoms with Crippen LogP contribution in [0.25, 0.3) is 27.8 Å². The van der Waals surface area contributed by atoms with Gasteiger partial charge in [0.05, 0.1) is 5.69 Å². The van der Waals surface area contributed by atoms with Crippen LogP contribution < -0.4 is 5.73 Å². The summed E-state index contributed by atoms with van der Waals surface area (Å²) < 4.78 is 2.13. The van der Waals surface area contributed by atoms with Crippen LogP contribution in [0, 0.1) is 0 Å². The molecule has 0 spiro atoms. The van der Waals surface area contributed by atoms with Crippen molar-refractivity contribution in [1.29, 1.82) is 0 Å². The number of nitrogens with two attached hydrogens (primary N) is 1. The minimum atomic E-state index is 0.392. The molecule has 1 saturated heterocycles. The van der Waals surface area contributed by atoms with Crippen LogP contribution in [0.3, 0.4) is 0 Å². The second kappa shape index (κ2) is 6.41. The van der Waals surface area contributed by atoms with Crippen LogP contribution in [-0.2, 0) is 0 Å². The summed E-state index contributed by atoms with van der Waals surface area (Å²) in [7, 11) is 0. The van der Waals surface area contributed by atoms with Crippen molar-refractivity contribution < 1.29 is 0 Å². The second-order valence-corrected chi connectivity index (χ2v) is 7.62. The molecule has 4 heterocycles. The lowest BCUT2D eigenvalue weighted by Crippen LogP contribution is -2.31. The summed E-state index contributed by atoms with van der Waals surface area (Å²) in [5.41, 5.74) is 11.3. The molecule has 4 aromatic rings. The van der Waals surface area contributed by atoms with Crippen molar-refractivity contribution in [3.8, 4) is 11.4 Å². The van der Waals surface area contributed by atoms with E-state index in [0.717, 1.165) is 65.3 Å². The Hall–Kier alpha value is -3.28. The molecule has 6 nitrogen and oxygen atoms in total. The number of piperidine rings is 1. The van der Waals surface area contributed by atoms with Crippen LogP contribution in [0.15, 0.2) is 55.0 Å². The van der Waals surface area contributed by atoms with Gasteiger partial charge in [-0.1, -0.05) is 24.8 Å². The number of rotatable bonds is 3. The van der Waals surface area contributed by atoms with Gasteiger partial charge in [-0.05, 0) is 31.9 Å². The Morgan fingerprint density at radius 1 is 1.25 bits per heavy atom. The van der Waals surface area contributed by atoms with E-state index in [9.17, 15) is 0 Å². The van der Waals surface area contributed by atoms with Crippen molar-refractivity contribution in [1.82, 2.24) is 24.3 Å². The van der Waals surface area contributed by atoms with Crippen molar-refractivity contribution in [2.75, 3.05) is 18.8 Å². The third-order valence-corrected chi connectivity index (χ3v) is 5.80. The number of para-hydroxylation sites is 1. The quantitative estimate of drug-likeness (QED) is 0.566. The summed E-state index contributed by atoms with van der Waals surface area (Å²) in [5.74, 6) is 1.97. The van der Waals surface area contributed by atoms with Crippen molar-refractivity contribution in [2.24, 2.45) is 0 Å². The monoisotopic (exact) mass is 372 g/mol. The van der Waals surface area contributed by atoms with E-state index < -0.39 is 0 Å². The normalized spacial score (nSPS) is 15.5. The van der Waals surface area contributed by atoms with E-state index in [1.165, 1.54) is 0 Å². The number of fused-ring (bicyclic) bond motifs is 2. The Kier molecular flexibility index (Phi) is 3.86. The molecule has 0 radical (unpaired) electrons. The molecule has 1 fully saturated rings. The number of imidazole rings is 1. The third kappa shape index (κ3) is 2.64. The highest BCUT2D eigenvalue weighted by molar-refractivity contribution is 5.91. The number of hydrogen-bond acceptors (Lipinski definition) is 4. The summed E-state index contributed by atoms with van der Waals surface area (Å²) >= 11 is 0. The molecule has 0 saturated carbocycles. The number of allylic oxidation sites excluding steroid dienone is 1. The largest absolute Gasteiger partial charge is 0.382 e. The SMILES string of the molecule is C=C(C)N1CCC(c2nc(-c3cc4ccccc4[nH]3)c3c(N)nccn23)CC1. The van der Waals surface area contributed by atoms with Gasteiger partial charge in [-0.2, -0.15) is 0 Å². The van der Waals surface area contributed by atoms with E-state index in [1.54, 1.807) is 6.20 Å². The fourth-order valence-electron chi connectivity index (χ4n) is 4.28. The maximum atomic E-state index is 6.29. The number of likely N-dealkylation sites (tertiary alicyclic amines) is 1. The van der Waals surface area contributed by atoms with Crippen molar-refractivity contribution >= 4 is 22.2 Å². The molecule has 6 heteroatoms. The zero-order valence-corrected chi connectivity index (χ0v) is 16.0. The number of nitrogen functional groups attached to an aromatic ring is 1. The first kappa shape index (κ1) is 16.9. The fourth-order valence-corrected chi connectivity index (χ4v) is 4.28. The van der Waals surface area contributed by atoms with Gasteiger partial charge >= 0.3 is 0 Å². The molecule has 28 heavy (non-hydrogen) atoms. The Balaban J connectivity index is 1.62. The lowest BCUT2D eigenvalue weighted by molar-refractivity contribution is 0.260. The Labute approximate surface area is 163 Å². The summed E-state index contributed by atoms with van der Waals surface area (Å²) in [5, 5.41) is 1.16. The zero-order chi connectivity index (χ0) is 19.3. The highest BCUT2D eigenvalue weighted by Gasteiger charge is 2.26. The smallest absolute Gasteiger partial charge is 0.150 e. The lowest BCUT2D eigenvalue weighted by atomic mass is 9.96. The van der Waals surface area contributed by atoms with Gasteiger partial charge in [0.1, 0.15) is 22.9 Å². The van der Waals surface area contributed by atoms with Crippen molar-refractivity contribution in [3.63, 3.8) is 0 Å². The summed E-state index contributed by atoms with van der Waals surface area (Å²) in [6, 6.07) is 10.4. The molecule has 3 N–H and O–H groups in total. The number of nitrogens with one attached hydrogen (secondary N) is 1. The topological polar surface area (TPSA) is 75.2 Å². The van der Waals surface area contributed by atoms with Gasteiger partial charge in [0.15, 0.2) is 0 Å². The minimum Gasteiger partial charge on any atom is -0.382 e. The van der Waals surface area contributed by atoms with E-state index in [2.05, 4.69) is 51.0 Å². The molecule has 0 bridgehead atoms. The molecule has 1 aromatic carbocycles. The number of nitrogens with zero attached hydrogens (tertiary/aromatic N) is 4. The van der Waals surface area contributed by atoms with Crippen LogP contribution in [0.1, 0.15) is 31.5 Å². The van der Waals surface area contributed by atoms with Crippen LogP contribution in [0.5, 0.6) is 0 Å². The fraction of sp³-hybridized carbons (Fsp3) is 0.273. The van der Waals surface area contributed by atoms with Gasteiger partial charge in [-0.25, -0.2) is 9.97 Å². The highest BCUT2D eigenvalue weighted by Crippen LogP contribution is 2.35. The van der Waals surface area contributed by atoms with Gasteiger partial charge in [-0.15, -0.1) is 0 Å². The number of benzene rings is 1. The van der Waals surface area contributed by atoms with Gasteiger partial charge < -0.3 is 15.6 Å². The number of H-pyrrole nitrogens is 1. The maximum Gasteiger partial charge on any atom is 0.150 e. The van der Waals surface area contributed by atoms with Crippen LogP contribution >= 0.6 is 0 Å². The molecule has 3 aromatic heterocycles. The van der Waals surface area contributed by atoms with E-state index >= 15 is 0 Å². The number of hydrogen-bond donors (Lipinski definition) is 2. The lowest BCUT2D eigenvalue weighted by Gasteiger charge is -2.33. The first-order valence-electron chi connectivity index (χ1n) is 9.73. The molecular formula is C22H24N6. The average Bonchev–Trinajstić information content (AvgIpc) is 3.30. The predicted octanol–water partition coefficient (Wildman–Crippen LogP) is 4.17. The maximum absolute atomic E-state index is 6.29. The van der Waals surface area contributed by atoms with Crippen LogP contribution in [-0.4, -0.2) is 37.3 Å².